The zero-order valence-corrected chi connectivity index (χ0v) is 9.12. The molecule has 2 rings (SSSR count). The number of hydrogen-bond acceptors (Lipinski definition) is 3. The highest BCUT2D eigenvalue weighted by molar-refractivity contribution is 7.09. The van der Waals surface area contributed by atoms with E-state index in [2.05, 4.69) is 10.3 Å². The van der Waals surface area contributed by atoms with Crippen molar-refractivity contribution in [1.82, 2.24) is 4.98 Å². The van der Waals surface area contributed by atoms with E-state index in [0.717, 1.165) is 4.88 Å². The minimum Gasteiger partial charge on any atom is -0.375 e. The van der Waals surface area contributed by atoms with Crippen LogP contribution in [-0.4, -0.2) is 4.98 Å². The third-order valence-electron chi connectivity index (χ3n) is 2.02. The van der Waals surface area contributed by atoms with Gasteiger partial charge in [0.05, 0.1) is 0 Å². The fourth-order valence-corrected chi connectivity index (χ4v) is 1.88. The van der Waals surface area contributed by atoms with E-state index in [1.54, 1.807) is 17.5 Å². The Balaban J connectivity index is 2.26. The number of pyridine rings is 1. The molecule has 0 fully saturated rings. The Labute approximate surface area is 97.9 Å². The number of rotatable bonds is 3. The van der Waals surface area contributed by atoms with Gasteiger partial charge in [0.2, 0.25) is 11.6 Å². The van der Waals surface area contributed by atoms with Crippen LogP contribution in [0.3, 0.4) is 0 Å². The van der Waals surface area contributed by atoms with Crippen LogP contribution in [0.25, 0.3) is 0 Å². The predicted molar refractivity (Wildman–Crippen MR) is 55.7 cm³/mol. The van der Waals surface area contributed by atoms with Crippen LogP contribution in [0, 0.1) is 23.5 Å². The van der Waals surface area contributed by atoms with E-state index in [4.69, 9.17) is 0 Å². The fourth-order valence-electron chi connectivity index (χ4n) is 1.23. The number of nitrogens with one attached hydrogen (secondary N) is 1. The van der Waals surface area contributed by atoms with E-state index in [1.807, 2.05) is 0 Å². The molecule has 0 radical (unpaired) electrons. The SMILES string of the molecule is Fc1nc(F)c(F)c(NCc2cccs2)c1F. The molecule has 0 aliphatic heterocycles. The van der Waals surface area contributed by atoms with Crippen molar-refractivity contribution in [2.75, 3.05) is 5.32 Å². The third-order valence-corrected chi connectivity index (χ3v) is 2.89. The van der Waals surface area contributed by atoms with E-state index >= 15 is 0 Å². The van der Waals surface area contributed by atoms with Gasteiger partial charge in [0.1, 0.15) is 5.69 Å². The molecule has 2 heterocycles. The van der Waals surface area contributed by atoms with Crippen LogP contribution in [0.1, 0.15) is 4.88 Å². The smallest absolute Gasteiger partial charge is 0.253 e. The van der Waals surface area contributed by atoms with Crippen molar-refractivity contribution < 1.29 is 17.6 Å². The summed E-state index contributed by atoms with van der Waals surface area (Å²) in [6.45, 7) is 0.0778. The summed E-state index contributed by atoms with van der Waals surface area (Å²) >= 11 is 1.35. The molecular weight excluding hydrogens is 256 g/mol. The molecule has 0 aromatic carbocycles. The number of hydrogen-bond donors (Lipinski definition) is 1. The van der Waals surface area contributed by atoms with Gasteiger partial charge in [0, 0.05) is 11.4 Å². The third kappa shape index (κ3) is 2.38. The van der Waals surface area contributed by atoms with Crippen LogP contribution in [0.15, 0.2) is 17.5 Å². The maximum absolute atomic E-state index is 13.2. The molecule has 0 aliphatic carbocycles. The second-order valence-corrected chi connectivity index (χ2v) is 4.16. The van der Waals surface area contributed by atoms with Crippen LogP contribution in [0.4, 0.5) is 23.2 Å². The van der Waals surface area contributed by atoms with Crippen molar-refractivity contribution in [3.63, 3.8) is 0 Å². The number of anilines is 1. The van der Waals surface area contributed by atoms with Crippen LogP contribution in [0.2, 0.25) is 0 Å². The van der Waals surface area contributed by atoms with Crippen molar-refractivity contribution in [1.29, 1.82) is 0 Å². The molecule has 0 spiro atoms. The summed E-state index contributed by atoms with van der Waals surface area (Å²) in [4.78, 5) is 3.24. The summed E-state index contributed by atoms with van der Waals surface area (Å²) in [6, 6.07) is 3.48. The van der Waals surface area contributed by atoms with E-state index in [-0.39, 0.29) is 6.54 Å². The van der Waals surface area contributed by atoms with Gasteiger partial charge < -0.3 is 5.32 Å². The van der Waals surface area contributed by atoms with Crippen LogP contribution >= 0.6 is 11.3 Å². The lowest BCUT2D eigenvalue weighted by Gasteiger charge is -2.08. The number of aromatic nitrogens is 1. The van der Waals surface area contributed by atoms with Crippen molar-refractivity contribution in [3.05, 3.63) is 45.9 Å². The summed E-state index contributed by atoms with van der Waals surface area (Å²) < 4.78 is 51.8. The van der Waals surface area contributed by atoms with Gasteiger partial charge in [-0.3, -0.25) is 0 Å². The molecule has 7 heteroatoms. The van der Waals surface area contributed by atoms with Gasteiger partial charge in [0.25, 0.3) is 11.9 Å². The van der Waals surface area contributed by atoms with Gasteiger partial charge in [-0.1, -0.05) is 6.07 Å². The molecule has 90 valence electrons. The predicted octanol–water partition coefficient (Wildman–Crippen LogP) is 3.31. The lowest BCUT2D eigenvalue weighted by Crippen LogP contribution is -2.08. The highest BCUT2D eigenvalue weighted by Crippen LogP contribution is 2.23. The zero-order valence-electron chi connectivity index (χ0n) is 8.31. The van der Waals surface area contributed by atoms with Gasteiger partial charge in [-0.15, -0.1) is 11.3 Å². The standard InChI is InChI=1S/C10H6F4N2S/c11-6-8(7(12)10(14)16-9(6)13)15-4-5-2-1-3-17-5/h1-3H,4H2,(H,15,16). The number of halogens is 4. The second-order valence-electron chi connectivity index (χ2n) is 3.13. The lowest BCUT2D eigenvalue weighted by molar-refractivity contribution is 0.410. The van der Waals surface area contributed by atoms with Crippen molar-refractivity contribution in [2.24, 2.45) is 0 Å². The molecule has 0 bridgehead atoms. The Morgan fingerprint density at radius 2 is 1.76 bits per heavy atom. The van der Waals surface area contributed by atoms with Crippen LogP contribution in [0.5, 0.6) is 0 Å². The Morgan fingerprint density at radius 1 is 1.12 bits per heavy atom. The van der Waals surface area contributed by atoms with Gasteiger partial charge in [0.15, 0.2) is 0 Å². The molecule has 0 saturated heterocycles. The van der Waals surface area contributed by atoms with Gasteiger partial charge >= 0.3 is 0 Å². The molecule has 0 atom stereocenters. The maximum atomic E-state index is 13.2. The minimum atomic E-state index is -1.67. The molecule has 17 heavy (non-hydrogen) atoms. The minimum absolute atomic E-state index is 0.0778. The number of thiophene rings is 1. The molecule has 2 nitrogen and oxygen atoms in total. The first-order chi connectivity index (χ1) is 8.09. The first-order valence-corrected chi connectivity index (χ1v) is 5.44. The van der Waals surface area contributed by atoms with E-state index < -0.39 is 29.2 Å². The molecule has 2 aromatic heterocycles. The molecule has 0 aliphatic rings. The molecule has 0 unspecified atom stereocenters. The first-order valence-electron chi connectivity index (χ1n) is 4.56. The van der Waals surface area contributed by atoms with Gasteiger partial charge in [-0.25, -0.2) is 0 Å². The summed E-state index contributed by atoms with van der Waals surface area (Å²) in [6.07, 6.45) is 0. The maximum Gasteiger partial charge on any atom is 0.253 e. The molecule has 1 N–H and O–H groups in total. The van der Waals surface area contributed by atoms with Gasteiger partial charge in [-0.2, -0.15) is 22.5 Å². The average molecular weight is 262 g/mol. The van der Waals surface area contributed by atoms with Crippen molar-refractivity contribution in [3.8, 4) is 0 Å². The van der Waals surface area contributed by atoms with E-state index in [0.29, 0.717) is 0 Å². The Kier molecular flexibility index (Phi) is 3.28. The van der Waals surface area contributed by atoms with Gasteiger partial charge in [-0.05, 0) is 11.4 Å². The largest absolute Gasteiger partial charge is 0.375 e. The molecule has 2 aromatic rings. The second kappa shape index (κ2) is 4.70. The Morgan fingerprint density at radius 3 is 2.29 bits per heavy atom. The first kappa shape index (κ1) is 11.8. The van der Waals surface area contributed by atoms with Crippen molar-refractivity contribution in [2.45, 2.75) is 6.54 Å². The summed E-state index contributed by atoms with van der Waals surface area (Å²) in [5, 5.41) is 4.08. The quantitative estimate of drug-likeness (QED) is 0.678. The Hall–Kier alpha value is -1.63. The van der Waals surface area contributed by atoms with E-state index in [1.165, 1.54) is 11.3 Å². The van der Waals surface area contributed by atoms with Crippen LogP contribution < -0.4 is 5.32 Å². The average Bonchev–Trinajstić information content (AvgIpc) is 2.79. The van der Waals surface area contributed by atoms with Crippen molar-refractivity contribution >= 4 is 17.0 Å². The highest BCUT2D eigenvalue weighted by atomic mass is 32.1. The van der Waals surface area contributed by atoms with Crippen LogP contribution in [-0.2, 0) is 6.54 Å². The summed E-state index contributed by atoms with van der Waals surface area (Å²) in [5.41, 5.74) is -0.844. The highest BCUT2D eigenvalue weighted by Gasteiger charge is 2.20. The topological polar surface area (TPSA) is 24.9 Å². The Bertz CT molecular complexity index is 501. The zero-order chi connectivity index (χ0) is 12.4. The normalized spacial score (nSPS) is 10.6. The summed E-state index contributed by atoms with van der Waals surface area (Å²) in [5.74, 6) is -6.39. The number of nitrogens with zero attached hydrogens (tertiary/aromatic N) is 1. The van der Waals surface area contributed by atoms with E-state index in [9.17, 15) is 17.6 Å². The molecular formula is C10H6F4N2S. The fraction of sp³-hybridized carbons (Fsp3) is 0.100. The molecule has 0 amide bonds. The summed E-state index contributed by atoms with van der Waals surface area (Å²) in [7, 11) is 0. The molecule has 0 saturated carbocycles. The lowest BCUT2D eigenvalue weighted by atomic mass is 10.3. The monoisotopic (exact) mass is 262 g/mol.